The van der Waals surface area contributed by atoms with E-state index in [-0.39, 0.29) is 5.91 Å². The summed E-state index contributed by atoms with van der Waals surface area (Å²) in [7, 11) is 5.20. The van der Waals surface area contributed by atoms with Gasteiger partial charge in [0.05, 0.1) is 7.11 Å². The zero-order valence-electron chi connectivity index (χ0n) is 13.9. The maximum Gasteiger partial charge on any atom is 0.276 e. The van der Waals surface area contributed by atoms with Gasteiger partial charge in [0.2, 0.25) is 0 Å². The number of aryl methyl sites for hydroxylation is 1. The van der Waals surface area contributed by atoms with Crippen LogP contribution < -0.4 is 4.74 Å². The topological polar surface area (TPSA) is 32.8 Å². The van der Waals surface area contributed by atoms with Gasteiger partial charge in [-0.05, 0) is 60.0 Å². The van der Waals surface area contributed by atoms with Gasteiger partial charge in [0.1, 0.15) is 11.4 Å². The second-order valence-electron chi connectivity index (χ2n) is 5.84. The maximum absolute atomic E-state index is 12.3. The highest BCUT2D eigenvalue weighted by atomic mass is 32.1. The molecule has 0 aliphatic carbocycles. The summed E-state index contributed by atoms with van der Waals surface area (Å²) in [4.78, 5) is 15.5. The van der Waals surface area contributed by atoms with Gasteiger partial charge in [-0.3, -0.25) is 9.69 Å². The van der Waals surface area contributed by atoms with E-state index in [9.17, 15) is 4.79 Å². The van der Waals surface area contributed by atoms with Crippen LogP contribution in [0.1, 0.15) is 36.5 Å². The molecule has 0 bridgehead atoms. The molecule has 0 N–H and O–H groups in total. The third kappa shape index (κ3) is 2.73. The average molecular weight is 318 g/mol. The van der Waals surface area contributed by atoms with Gasteiger partial charge in [0.25, 0.3) is 5.91 Å². The Morgan fingerprint density at radius 1 is 1.23 bits per heavy atom. The summed E-state index contributed by atoms with van der Waals surface area (Å²) < 4.78 is 5.46. The molecular formula is C17H22N2O2S. The predicted molar refractivity (Wildman–Crippen MR) is 92.9 cm³/mol. The van der Waals surface area contributed by atoms with Crippen molar-refractivity contribution in [3.8, 4) is 5.75 Å². The second-order valence-corrected chi connectivity index (χ2v) is 6.21. The van der Waals surface area contributed by atoms with E-state index >= 15 is 0 Å². The van der Waals surface area contributed by atoms with Gasteiger partial charge in [0.15, 0.2) is 5.11 Å². The van der Waals surface area contributed by atoms with E-state index in [1.165, 1.54) is 4.90 Å². The lowest BCUT2D eigenvalue weighted by Crippen LogP contribution is -2.26. The fraction of sp³-hybridized carbons (Fsp3) is 0.412. The van der Waals surface area contributed by atoms with Gasteiger partial charge in [-0.15, -0.1) is 0 Å². The molecule has 0 radical (unpaired) electrons. The van der Waals surface area contributed by atoms with E-state index in [2.05, 4.69) is 19.9 Å². The lowest BCUT2D eigenvalue weighted by molar-refractivity contribution is -0.121. The van der Waals surface area contributed by atoms with Gasteiger partial charge in [-0.1, -0.05) is 13.8 Å². The average Bonchev–Trinajstić information content (AvgIpc) is 2.66. The van der Waals surface area contributed by atoms with Crippen molar-refractivity contribution in [3.05, 3.63) is 34.5 Å². The molecule has 1 amide bonds. The first kappa shape index (κ1) is 16.5. The van der Waals surface area contributed by atoms with Crippen LogP contribution in [-0.2, 0) is 4.79 Å². The summed E-state index contributed by atoms with van der Waals surface area (Å²) in [5, 5.41) is 0.520. The quantitative estimate of drug-likeness (QED) is 0.633. The summed E-state index contributed by atoms with van der Waals surface area (Å²) in [5.74, 6) is 1.15. The van der Waals surface area contributed by atoms with Crippen LogP contribution in [-0.4, -0.2) is 42.0 Å². The van der Waals surface area contributed by atoms with E-state index in [1.54, 1.807) is 19.1 Å². The molecule has 0 atom stereocenters. The number of ether oxygens (including phenoxy) is 1. The summed E-state index contributed by atoms with van der Waals surface area (Å²) in [6.45, 7) is 6.26. The van der Waals surface area contributed by atoms with E-state index in [0.717, 1.165) is 22.4 Å². The van der Waals surface area contributed by atoms with Crippen LogP contribution in [0, 0.1) is 6.92 Å². The number of benzene rings is 1. The number of amides is 1. The van der Waals surface area contributed by atoms with Crippen LogP contribution in [0.3, 0.4) is 0 Å². The summed E-state index contributed by atoms with van der Waals surface area (Å²) in [6, 6.07) is 4.11. The van der Waals surface area contributed by atoms with Gasteiger partial charge in [-0.25, -0.2) is 0 Å². The number of thiocarbonyl (C=S) groups is 1. The summed E-state index contributed by atoms with van der Waals surface area (Å²) in [6.07, 6.45) is 1.90. The minimum absolute atomic E-state index is 0.0752. The summed E-state index contributed by atoms with van der Waals surface area (Å²) in [5.41, 5.74) is 3.80. The Morgan fingerprint density at radius 2 is 1.86 bits per heavy atom. The number of nitrogens with zero attached hydrogens (tertiary/aromatic N) is 2. The van der Waals surface area contributed by atoms with Gasteiger partial charge < -0.3 is 9.64 Å². The van der Waals surface area contributed by atoms with Crippen molar-refractivity contribution >= 4 is 29.3 Å². The maximum atomic E-state index is 12.3. The molecule has 1 heterocycles. The van der Waals surface area contributed by atoms with Crippen molar-refractivity contribution in [1.82, 2.24) is 9.80 Å². The number of hydrogen-bond donors (Lipinski definition) is 0. The molecule has 22 heavy (non-hydrogen) atoms. The molecule has 118 valence electrons. The highest BCUT2D eigenvalue weighted by Crippen LogP contribution is 2.31. The van der Waals surface area contributed by atoms with Crippen molar-refractivity contribution in [2.45, 2.75) is 26.7 Å². The monoisotopic (exact) mass is 318 g/mol. The Labute approximate surface area is 137 Å². The third-order valence-corrected chi connectivity index (χ3v) is 4.54. The first-order valence-electron chi connectivity index (χ1n) is 7.23. The standard InChI is InChI=1S/C17H22N2O2S/c1-10(2)13-8-12(11(3)7-15(13)21-6)9-14-16(20)19(5)17(22)18(14)4/h7-10H,1-6H3/b14-9-. The number of rotatable bonds is 3. The lowest BCUT2D eigenvalue weighted by atomic mass is 9.96. The fourth-order valence-corrected chi connectivity index (χ4v) is 2.72. The fourth-order valence-electron chi connectivity index (χ4n) is 2.54. The normalized spacial score (nSPS) is 17.1. The molecule has 4 nitrogen and oxygen atoms in total. The van der Waals surface area contributed by atoms with Crippen molar-refractivity contribution in [2.75, 3.05) is 21.2 Å². The molecular weight excluding hydrogens is 296 g/mol. The summed E-state index contributed by atoms with van der Waals surface area (Å²) >= 11 is 5.24. The lowest BCUT2D eigenvalue weighted by Gasteiger charge is -2.16. The van der Waals surface area contributed by atoms with Crippen molar-refractivity contribution in [3.63, 3.8) is 0 Å². The Morgan fingerprint density at radius 3 is 2.32 bits per heavy atom. The first-order valence-corrected chi connectivity index (χ1v) is 7.64. The zero-order valence-corrected chi connectivity index (χ0v) is 14.7. The Bertz CT molecular complexity index is 665. The minimum Gasteiger partial charge on any atom is -0.496 e. The number of likely N-dealkylation sites (N-methyl/N-ethyl adjacent to an activating group) is 2. The molecule has 1 saturated heterocycles. The molecule has 0 saturated carbocycles. The van der Waals surface area contributed by atoms with Crippen molar-refractivity contribution in [1.29, 1.82) is 0 Å². The van der Waals surface area contributed by atoms with Gasteiger partial charge >= 0.3 is 0 Å². The molecule has 1 aromatic rings. The number of hydrogen-bond acceptors (Lipinski definition) is 3. The SMILES string of the molecule is COc1cc(C)c(/C=C2/C(=O)N(C)C(=S)N2C)cc1C(C)C. The van der Waals surface area contributed by atoms with Crippen LogP contribution in [0.15, 0.2) is 17.8 Å². The molecule has 1 aliphatic rings. The highest BCUT2D eigenvalue weighted by Gasteiger charge is 2.32. The van der Waals surface area contributed by atoms with Crippen LogP contribution in [0.5, 0.6) is 5.75 Å². The Balaban J connectivity index is 2.54. The van der Waals surface area contributed by atoms with Crippen LogP contribution in [0.4, 0.5) is 0 Å². The van der Waals surface area contributed by atoms with Gasteiger partial charge in [-0.2, -0.15) is 0 Å². The van der Waals surface area contributed by atoms with Crippen LogP contribution >= 0.6 is 12.2 Å². The molecule has 2 rings (SSSR count). The first-order chi connectivity index (χ1) is 10.3. The minimum atomic E-state index is -0.0752. The smallest absolute Gasteiger partial charge is 0.276 e. The highest BCUT2D eigenvalue weighted by molar-refractivity contribution is 7.80. The number of methoxy groups -OCH3 is 1. The molecule has 1 aromatic carbocycles. The van der Waals surface area contributed by atoms with Crippen LogP contribution in [0.2, 0.25) is 0 Å². The van der Waals surface area contributed by atoms with Crippen LogP contribution in [0.25, 0.3) is 6.08 Å². The molecule has 1 aliphatic heterocycles. The van der Waals surface area contributed by atoms with E-state index < -0.39 is 0 Å². The number of carbonyl (C=O) groups is 1. The van der Waals surface area contributed by atoms with E-state index in [1.807, 2.05) is 26.1 Å². The molecule has 0 aromatic heterocycles. The second kappa shape index (κ2) is 6.08. The molecule has 5 heteroatoms. The largest absolute Gasteiger partial charge is 0.496 e. The molecule has 0 spiro atoms. The predicted octanol–water partition coefficient (Wildman–Crippen LogP) is 3.16. The number of carbonyl (C=O) groups excluding carboxylic acids is 1. The van der Waals surface area contributed by atoms with E-state index in [4.69, 9.17) is 17.0 Å². The molecule has 0 unspecified atom stereocenters. The molecule has 1 fully saturated rings. The Hall–Kier alpha value is -1.88. The van der Waals surface area contributed by atoms with Gasteiger partial charge in [0, 0.05) is 14.1 Å². The van der Waals surface area contributed by atoms with Crippen molar-refractivity contribution in [2.24, 2.45) is 0 Å². The third-order valence-electron chi connectivity index (χ3n) is 3.99. The zero-order chi connectivity index (χ0) is 16.6. The van der Waals surface area contributed by atoms with E-state index in [0.29, 0.717) is 16.7 Å². The Kier molecular flexibility index (Phi) is 4.56. The van der Waals surface area contributed by atoms with Crippen molar-refractivity contribution < 1.29 is 9.53 Å².